The van der Waals surface area contributed by atoms with Crippen LogP contribution in [-0.2, 0) is 6.61 Å². The van der Waals surface area contributed by atoms with Gasteiger partial charge < -0.3 is 4.74 Å². The molecule has 2 heteroatoms. The Morgan fingerprint density at radius 2 is 1.56 bits per heavy atom. The molecular formula is C16H28AlO. The highest BCUT2D eigenvalue weighted by molar-refractivity contribution is 6.73. The minimum Gasteiger partial charge on any atom is -0.432 e. The van der Waals surface area contributed by atoms with Crippen molar-refractivity contribution in [2.75, 3.05) is 7.11 Å². The molecule has 1 nitrogen and oxygen atoms in total. The lowest BCUT2D eigenvalue weighted by Crippen LogP contribution is -2.35. The van der Waals surface area contributed by atoms with Gasteiger partial charge in [-0.25, -0.2) is 10.6 Å². The average molecular weight is 263 g/mol. The largest absolute Gasteiger partial charge is 0.432 e. The van der Waals surface area contributed by atoms with Crippen LogP contribution in [0.3, 0.4) is 0 Å². The van der Waals surface area contributed by atoms with Crippen LogP contribution >= 0.6 is 0 Å². The second kappa shape index (κ2) is 8.00. The Labute approximate surface area is 117 Å². The molecule has 0 bridgehead atoms. The van der Waals surface area contributed by atoms with Gasteiger partial charge in [0.1, 0.15) is 7.11 Å². The lowest BCUT2D eigenvalue weighted by atomic mass is 10.2. The van der Waals surface area contributed by atoms with Gasteiger partial charge >= 0.3 is 0 Å². The molecule has 1 aromatic carbocycles. The summed E-state index contributed by atoms with van der Waals surface area (Å²) in [5, 5.41) is 2.83. The van der Waals surface area contributed by atoms with Gasteiger partial charge in [-0.3, -0.25) is 4.43 Å². The molecule has 0 aliphatic carbocycles. The van der Waals surface area contributed by atoms with Crippen LogP contribution in [0.15, 0.2) is 24.3 Å². The van der Waals surface area contributed by atoms with Crippen LogP contribution in [0.1, 0.15) is 33.3 Å². The Balaban J connectivity index is 2.95. The number of ether oxygens (including phenoxy) is 1. The molecule has 1 N–H and O–H groups in total. The van der Waals surface area contributed by atoms with Crippen molar-refractivity contribution in [2.45, 2.75) is 44.9 Å². The van der Waals surface area contributed by atoms with E-state index in [1.54, 1.807) is 4.43 Å². The smallest absolute Gasteiger partial charge is 0.167 e. The maximum Gasteiger partial charge on any atom is 0.167 e. The van der Waals surface area contributed by atoms with E-state index in [0.717, 1.165) is 18.4 Å². The van der Waals surface area contributed by atoms with E-state index < -0.39 is 14.1 Å². The van der Waals surface area contributed by atoms with Gasteiger partial charge in [-0.05, 0) is 5.56 Å². The normalized spacial score (nSPS) is 11.8. The maximum absolute atomic E-state index is 4.33. The first kappa shape index (κ1) is 15.8. The topological polar surface area (TPSA) is 12.8 Å². The molecule has 1 radical (unpaired) electrons. The highest BCUT2D eigenvalue weighted by Crippen LogP contribution is 2.16. The molecular weight excluding hydrogens is 235 g/mol. The van der Waals surface area contributed by atoms with Gasteiger partial charge in [-0.1, -0.05) is 57.7 Å². The van der Waals surface area contributed by atoms with Crippen LogP contribution in [0.5, 0.6) is 0 Å². The molecule has 0 aromatic heterocycles. The number of aliphatic hydroxyl groups is 2. The molecule has 0 unspecified atom stereocenters. The first-order chi connectivity index (χ1) is 8.54. The van der Waals surface area contributed by atoms with Crippen molar-refractivity contribution in [3.63, 3.8) is 0 Å². The fourth-order valence-electron chi connectivity index (χ4n) is 2.74. The van der Waals surface area contributed by atoms with Crippen LogP contribution in [-0.4, -0.2) is 26.0 Å². The highest BCUT2D eigenvalue weighted by Gasteiger charge is 2.11. The van der Waals surface area contributed by atoms with E-state index >= 15 is 0 Å². The van der Waals surface area contributed by atoms with E-state index in [1.807, 2.05) is 7.11 Å². The Bertz CT molecular complexity index is 337. The number of hydrogen-bond acceptors (Lipinski definition) is 0. The van der Waals surface area contributed by atoms with Crippen molar-refractivity contribution >= 4 is 18.6 Å². The van der Waals surface area contributed by atoms with Crippen molar-refractivity contribution in [1.29, 1.82) is 0 Å². The quantitative estimate of drug-likeness (QED) is 0.528. The van der Waals surface area contributed by atoms with E-state index in [-0.39, 0.29) is 0 Å². The Hall–Kier alpha value is -0.288. The SMILES string of the molecule is C[OH+]Cc1cccc[c]1[Al-]([CH2]C(C)C)[CH2]C(C)C. The first-order valence-corrected chi connectivity index (χ1v) is 9.39. The predicted octanol–water partition coefficient (Wildman–Crippen LogP) is 3.36. The number of rotatable bonds is 7. The van der Waals surface area contributed by atoms with Crippen LogP contribution in [0, 0.1) is 11.8 Å². The third kappa shape index (κ3) is 5.14. The summed E-state index contributed by atoms with van der Waals surface area (Å²) in [6.07, 6.45) is 0. The van der Waals surface area contributed by atoms with Gasteiger partial charge in [-0.2, -0.15) is 0 Å². The molecule has 0 heterocycles. The summed E-state index contributed by atoms with van der Waals surface area (Å²) >= 11 is -0.839. The summed E-state index contributed by atoms with van der Waals surface area (Å²) in [5.41, 5.74) is 1.47. The maximum atomic E-state index is 4.33. The van der Waals surface area contributed by atoms with Gasteiger partial charge in [0.15, 0.2) is 6.61 Å². The Morgan fingerprint density at radius 3 is 2.06 bits per heavy atom. The molecule has 0 aliphatic rings. The van der Waals surface area contributed by atoms with Gasteiger partial charge in [-0.15, -0.1) is 6.07 Å². The summed E-state index contributed by atoms with van der Waals surface area (Å²) in [5.74, 6) is 1.62. The molecule has 0 saturated carbocycles. The summed E-state index contributed by atoms with van der Waals surface area (Å²) in [7, 11) is 1.91. The lowest BCUT2D eigenvalue weighted by Gasteiger charge is -2.31. The van der Waals surface area contributed by atoms with Crippen molar-refractivity contribution < 1.29 is 4.74 Å². The molecule has 0 saturated heterocycles. The zero-order chi connectivity index (χ0) is 13.5. The molecule has 18 heavy (non-hydrogen) atoms. The van der Waals surface area contributed by atoms with Gasteiger partial charge in [0.2, 0.25) is 0 Å². The minimum atomic E-state index is -0.839. The van der Waals surface area contributed by atoms with Crippen LogP contribution in [0.4, 0.5) is 0 Å². The van der Waals surface area contributed by atoms with Crippen LogP contribution in [0.25, 0.3) is 0 Å². The molecule has 1 rings (SSSR count). The summed E-state index contributed by atoms with van der Waals surface area (Å²) in [6, 6.07) is 8.99. The zero-order valence-electron chi connectivity index (χ0n) is 12.6. The minimum absolute atomic E-state index is 0.812. The summed E-state index contributed by atoms with van der Waals surface area (Å²) in [4.78, 5) is 0. The molecule has 0 spiro atoms. The molecule has 101 valence electrons. The third-order valence-corrected chi connectivity index (χ3v) is 7.80. The van der Waals surface area contributed by atoms with Crippen LogP contribution < -0.4 is 4.43 Å². The monoisotopic (exact) mass is 263 g/mol. The van der Waals surface area contributed by atoms with E-state index in [4.69, 9.17) is 0 Å². The van der Waals surface area contributed by atoms with Crippen LogP contribution in [0.2, 0.25) is 10.6 Å². The zero-order valence-corrected chi connectivity index (χ0v) is 13.8. The fraction of sp³-hybridized carbons (Fsp3) is 0.625. The van der Waals surface area contributed by atoms with E-state index in [9.17, 15) is 0 Å². The number of hydrogen-bond donors (Lipinski definition) is 0. The summed E-state index contributed by atoms with van der Waals surface area (Å²) < 4.78 is 5.99. The number of benzene rings is 1. The van der Waals surface area contributed by atoms with Crippen molar-refractivity contribution in [3.8, 4) is 0 Å². The van der Waals surface area contributed by atoms with Crippen molar-refractivity contribution in [3.05, 3.63) is 29.8 Å². The van der Waals surface area contributed by atoms with Gasteiger partial charge in [0.05, 0.1) is 0 Å². The van der Waals surface area contributed by atoms with E-state index in [2.05, 4.69) is 56.7 Å². The van der Waals surface area contributed by atoms with Crippen molar-refractivity contribution in [1.82, 2.24) is 0 Å². The third-order valence-electron chi connectivity index (χ3n) is 3.34. The van der Waals surface area contributed by atoms with Gasteiger partial charge in [0, 0.05) is 14.1 Å². The van der Waals surface area contributed by atoms with Gasteiger partial charge in [0.25, 0.3) is 0 Å². The fourth-order valence-corrected chi connectivity index (χ4v) is 6.81. The average Bonchev–Trinajstić information content (AvgIpc) is 2.28. The first-order valence-electron chi connectivity index (χ1n) is 7.18. The van der Waals surface area contributed by atoms with E-state index in [0.29, 0.717) is 0 Å². The van der Waals surface area contributed by atoms with E-state index in [1.165, 1.54) is 16.1 Å². The molecule has 0 fully saturated rings. The Morgan fingerprint density at radius 1 is 1.00 bits per heavy atom. The summed E-state index contributed by atoms with van der Waals surface area (Å²) in [6.45, 7) is 10.3. The molecule has 0 atom stereocenters. The standard InChI is InChI=1S/C8H9O.2C4H9.Al/c1-9-7-8-5-3-2-4-6-8;2*1-4(2)3;/h2-5H,7H2,1H3;2*4H,1H2,2-3H3;/q;;;-1/p+1. The predicted molar refractivity (Wildman–Crippen MR) is 83.0 cm³/mol. The lowest BCUT2D eigenvalue weighted by molar-refractivity contribution is -0.000361. The molecule has 0 amide bonds. The van der Waals surface area contributed by atoms with Crippen molar-refractivity contribution in [2.24, 2.45) is 11.8 Å². The Kier molecular flexibility index (Phi) is 7.01. The molecule has 1 aromatic rings. The highest BCUT2D eigenvalue weighted by atomic mass is 27.2. The second-order valence-electron chi connectivity index (χ2n) is 6.13. The molecule has 0 aliphatic heterocycles. The second-order valence-corrected chi connectivity index (χ2v) is 9.09.